The van der Waals surface area contributed by atoms with Crippen molar-refractivity contribution in [1.29, 1.82) is 0 Å². The van der Waals surface area contributed by atoms with E-state index >= 15 is 0 Å². The van der Waals surface area contributed by atoms with Gasteiger partial charge in [-0.05, 0) is 59.0 Å². The van der Waals surface area contributed by atoms with Crippen molar-refractivity contribution in [1.82, 2.24) is 19.9 Å². The highest BCUT2D eigenvalue weighted by Gasteiger charge is 2.19. The molecule has 0 unspecified atom stereocenters. The van der Waals surface area contributed by atoms with Crippen molar-refractivity contribution in [2.45, 2.75) is 0 Å². The SMILES string of the molecule is c1ccc(-c2ccc3oc4cc(-c5nc(-c6ccccc6)nc(-c6cccc7ccc8nc(-c9ccccc9)oc8c67)n5)ccc4c3c2)cc1. The molecule has 50 heavy (non-hydrogen) atoms. The first kappa shape index (κ1) is 28.1. The predicted molar refractivity (Wildman–Crippen MR) is 199 cm³/mol. The van der Waals surface area contributed by atoms with Crippen molar-refractivity contribution < 1.29 is 8.83 Å². The maximum Gasteiger partial charge on any atom is 0.227 e. The van der Waals surface area contributed by atoms with Gasteiger partial charge in [-0.15, -0.1) is 0 Å². The van der Waals surface area contributed by atoms with E-state index in [0.717, 1.165) is 66.0 Å². The highest BCUT2D eigenvalue weighted by Crippen LogP contribution is 2.38. The molecule has 0 saturated heterocycles. The third-order valence-electron chi connectivity index (χ3n) is 9.16. The Labute approximate surface area is 286 Å². The molecule has 0 aliphatic carbocycles. The van der Waals surface area contributed by atoms with Crippen LogP contribution in [0.4, 0.5) is 0 Å². The minimum atomic E-state index is 0.543. The summed E-state index contributed by atoms with van der Waals surface area (Å²) in [5.74, 6) is 2.24. The molecule has 7 aromatic carbocycles. The van der Waals surface area contributed by atoms with Gasteiger partial charge in [-0.2, -0.15) is 0 Å². The summed E-state index contributed by atoms with van der Waals surface area (Å²) in [5, 5.41) is 4.01. The molecule has 3 heterocycles. The second-order valence-corrected chi connectivity index (χ2v) is 12.3. The predicted octanol–water partition coefficient (Wildman–Crippen LogP) is 11.4. The zero-order valence-electron chi connectivity index (χ0n) is 26.6. The molecule has 0 N–H and O–H groups in total. The molecule has 0 aliphatic heterocycles. The summed E-state index contributed by atoms with van der Waals surface area (Å²) in [6, 6.07) is 53.0. The van der Waals surface area contributed by atoms with Crippen LogP contribution in [-0.4, -0.2) is 19.9 Å². The van der Waals surface area contributed by atoms with Crippen LogP contribution in [0, 0.1) is 0 Å². The molecular weight excluding hydrogens is 617 g/mol. The van der Waals surface area contributed by atoms with Crippen LogP contribution >= 0.6 is 0 Å². The maximum absolute atomic E-state index is 6.48. The lowest BCUT2D eigenvalue weighted by atomic mass is 10.0. The van der Waals surface area contributed by atoms with Crippen LogP contribution in [0.1, 0.15) is 0 Å². The van der Waals surface area contributed by atoms with Crippen LogP contribution in [0.15, 0.2) is 167 Å². The van der Waals surface area contributed by atoms with Crippen LogP contribution in [0.25, 0.3) is 101 Å². The molecule has 3 aromatic heterocycles. The zero-order chi connectivity index (χ0) is 33.0. The maximum atomic E-state index is 6.48. The van der Waals surface area contributed by atoms with Gasteiger partial charge in [0.05, 0.1) is 0 Å². The zero-order valence-corrected chi connectivity index (χ0v) is 26.6. The summed E-state index contributed by atoms with van der Waals surface area (Å²) < 4.78 is 12.9. The van der Waals surface area contributed by atoms with Gasteiger partial charge >= 0.3 is 0 Å². The van der Waals surface area contributed by atoms with E-state index in [1.165, 1.54) is 5.56 Å². The third kappa shape index (κ3) is 4.73. The Morgan fingerprint density at radius 3 is 1.84 bits per heavy atom. The Morgan fingerprint density at radius 1 is 0.380 bits per heavy atom. The first-order chi connectivity index (χ1) is 24.7. The van der Waals surface area contributed by atoms with Crippen LogP contribution in [-0.2, 0) is 0 Å². The monoisotopic (exact) mass is 642 g/mol. The molecule has 0 bridgehead atoms. The van der Waals surface area contributed by atoms with E-state index in [-0.39, 0.29) is 0 Å². The lowest BCUT2D eigenvalue weighted by Crippen LogP contribution is -2.00. The van der Waals surface area contributed by atoms with Crippen molar-refractivity contribution in [2.24, 2.45) is 0 Å². The van der Waals surface area contributed by atoms with Gasteiger partial charge in [-0.3, -0.25) is 0 Å². The summed E-state index contributed by atoms with van der Waals surface area (Å²) in [5.41, 5.74) is 8.86. The van der Waals surface area contributed by atoms with E-state index in [4.69, 9.17) is 28.8 Å². The second kappa shape index (κ2) is 11.4. The molecule has 10 aromatic rings. The topological polar surface area (TPSA) is 77.8 Å². The van der Waals surface area contributed by atoms with E-state index < -0.39 is 0 Å². The minimum Gasteiger partial charge on any atom is -0.456 e. The van der Waals surface area contributed by atoms with E-state index in [2.05, 4.69) is 60.7 Å². The number of hydrogen-bond donors (Lipinski definition) is 0. The van der Waals surface area contributed by atoms with Gasteiger partial charge in [0.1, 0.15) is 16.7 Å². The first-order valence-electron chi connectivity index (χ1n) is 16.5. The minimum absolute atomic E-state index is 0.543. The lowest BCUT2D eigenvalue weighted by Gasteiger charge is -2.10. The normalized spacial score (nSPS) is 11.6. The van der Waals surface area contributed by atoms with Gasteiger partial charge in [0.25, 0.3) is 0 Å². The second-order valence-electron chi connectivity index (χ2n) is 12.3. The van der Waals surface area contributed by atoms with Crippen LogP contribution in [0.3, 0.4) is 0 Å². The average Bonchev–Trinajstić information content (AvgIpc) is 3.80. The molecule has 6 nitrogen and oxygen atoms in total. The number of fused-ring (bicyclic) bond motifs is 6. The highest BCUT2D eigenvalue weighted by atomic mass is 16.3. The number of benzene rings is 7. The number of oxazole rings is 1. The Bertz CT molecular complexity index is 2860. The fourth-order valence-corrected chi connectivity index (χ4v) is 6.71. The molecular formula is C44H26N4O2. The van der Waals surface area contributed by atoms with Gasteiger partial charge < -0.3 is 8.83 Å². The fourth-order valence-electron chi connectivity index (χ4n) is 6.71. The van der Waals surface area contributed by atoms with Gasteiger partial charge in [-0.1, -0.05) is 115 Å². The van der Waals surface area contributed by atoms with E-state index in [1.807, 2.05) is 97.1 Å². The van der Waals surface area contributed by atoms with Crippen molar-refractivity contribution >= 4 is 43.8 Å². The van der Waals surface area contributed by atoms with Gasteiger partial charge in [0, 0.05) is 38.4 Å². The molecule has 0 spiro atoms. The molecule has 0 radical (unpaired) electrons. The summed E-state index contributed by atoms with van der Waals surface area (Å²) in [7, 11) is 0. The number of furan rings is 1. The average molecular weight is 643 g/mol. The van der Waals surface area contributed by atoms with Gasteiger partial charge in [-0.25, -0.2) is 19.9 Å². The summed E-state index contributed by atoms with van der Waals surface area (Å²) in [6.45, 7) is 0. The number of hydrogen-bond acceptors (Lipinski definition) is 6. The Kier molecular flexibility index (Phi) is 6.39. The molecule has 0 amide bonds. The van der Waals surface area contributed by atoms with Gasteiger partial charge in [0.2, 0.25) is 5.89 Å². The van der Waals surface area contributed by atoms with Crippen LogP contribution < -0.4 is 0 Å². The Morgan fingerprint density at radius 2 is 1.06 bits per heavy atom. The molecule has 6 heteroatoms. The van der Waals surface area contributed by atoms with Crippen molar-refractivity contribution in [3.05, 3.63) is 158 Å². The summed E-state index contributed by atoms with van der Waals surface area (Å²) in [6.07, 6.45) is 0. The Hall–Kier alpha value is -6.92. The smallest absolute Gasteiger partial charge is 0.227 e. The van der Waals surface area contributed by atoms with Gasteiger partial charge in [0.15, 0.2) is 23.1 Å². The fraction of sp³-hybridized carbons (Fsp3) is 0. The number of aromatic nitrogens is 4. The summed E-state index contributed by atoms with van der Waals surface area (Å²) >= 11 is 0. The molecule has 0 atom stereocenters. The van der Waals surface area contributed by atoms with E-state index in [0.29, 0.717) is 28.9 Å². The largest absolute Gasteiger partial charge is 0.456 e. The summed E-state index contributed by atoms with van der Waals surface area (Å²) in [4.78, 5) is 20.0. The third-order valence-corrected chi connectivity index (χ3v) is 9.16. The molecule has 0 saturated carbocycles. The van der Waals surface area contributed by atoms with Crippen molar-refractivity contribution in [3.8, 4) is 56.7 Å². The number of nitrogens with zero attached hydrogens (tertiary/aromatic N) is 4. The lowest BCUT2D eigenvalue weighted by molar-refractivity contribution is 0.623. The number of rotatable bonds is 5. The van der Waals surface area contributed by atoms with Crippen molar-refractivity contribution in [3.63, 3.8) is 0 Å². The van der Waals surface area contributed by atoms with E-state index in [9.17, 15) is 0 Å². The highest BCUT2D eigenvalue weighted by molar-refractivity contribution is 6.11. The molecule has 0 aliphatic rings. The molecule has 0 fully saturated rings. The standard InChI is InChI=1S/C44H26N4O2/c1-4-11-27(12-5-1)31-21-24-37-35(25-31)33-22-19-32(26-38(33)49-37)42-46-41(29-13-6-2-7-14-29)47-43(48-42)34-18-10-17-28-20-23-36-40(39(28)34)50-44(45-36)30-15-8-3-9-16-30/h1-26H. The van der Waals surface area contributed by atoms with Crippen LogP contribution in [0.2, 0.25) is 0 Å². The first-order valence-corrected chi connectivity index (χ1v) is 16.5. The van der Waals surface area contributed by atoms with Crippen molar-refractivity contribution in [2.75, 3.05) is 0 Å². The molecule has 234 valence electrons. The van der Waals surface area contributed by atoms with E-state index in [1.54, 1.807) is 0 Å². The van der Waals surface area contributed by atoms with Crippen LogP contribution in [0.5, 0.6) is 0 Å². The molecule has 10 rings (SSSR count). The quantitative estimate of drug-likeness (QED) is 0.186. The Balaban J connectivity index is 1.16.